The van der Waals surface area contributed by atoms with E-state index >= 15 is 0 Å². The molecule has 7 heteroatoms. The summed E-state index contributed by atoms with van der Waals surface area (Å²) in [5.41, 5.74) is 9.81. The van der Waals surface area contributed by atoms with Gasteiger partial charge >= 0.3 is 0 Å². The minimum atomic E-state index is -0.223. The maximum Gasteiger partial charge on any atom is 0.274 e. The number of nitrogens with zero attached hydrogens (tertiary/aromatic N) is 4. The fraction of sp³-hybridized carbons (Fsp3) is 0.200. The van der Waals surface area contributed by atoms with Crippen LogP contribution in [0.5, 0.6) is 0 Å². The normalized spacial score (nSPS) is 13.1. The summed E-state index contributed by atoms with van der Waals surface area (Å²) in [6.07, 6.45) is 2.53. The van der Waals surface area contributed by atoms with Crippen LogP contribution in [0.3, 0.4) is 0 Å². The van der Waals surface area contributed by atoms with Gasteiger partial charge in [-0.05, 0) is 36.8 Å². The van der Waals surface area contributed by atoms with Crippen molar-refractivity contribution in [3.05, 3.63) is 71.2 Å². The summed E-state index contributed by atoms with van der Waals surface area (Å²) in [6, 6.07) is 13.1. The highest BCUT2D eigenvalue weighted by Crippen LogP contribution is 2.23. The van der Waals surface area contributed by atoms with Crippen molar-refractivity contribution in [2.75, 3.05) is 22.5 Å². The zero-order valence-corrected chi connectivity index (χ0v) is 15.0. The molecule has 0 radical (unpaired) electrons. The predicted octanol–water partition coefficient (Wildman–Crippen LogP) is 2.58. The van der Waals surface area contributed by atoms with Gasteiger partial charge in [0.15, 0.2) is 0 Å². The second-order valence-corrected chi connectivity index (χ2v) is 6.58. The minimum absolute atomic E-state index is 0.223. The van der Waals surface area contributed by atoms with Crippen LogP contribution in [0.4, 0.5) is 17.5 Å². The van der Waals surface area contributed by atoms with E-state index in [9.17, 15) is 4.79 Å². The Kier molecular flexibility index (Phi) is 4.42. The molecule has 0 spiro atoms. The molecule has 3 aromatic rings. The SMILES string of the molecule is Cc1cc(C(=O)Nc2ccccc2)nc(N2CCc3nc(N)ncc3C2)c1. The van der Waals surface area contributed by atoms with Gasteiger partial charge in [0.2, 0.25) is 5.95 Å². The highest BCUT2D eigenvalue weighted by molar-refractivity contribution is 6.03. The van der Waals surface area contributed by atoms with E-state index in [1.54, 1.807) is 12.3 Å². The first-order valence-electron chi connectivity index (χ1n) is 8.79. The number of aromatic nitrogens is 3. The van der Waals surface area contributed by atoms with Crippen molar-refractivity contribution in [2.24, 2.45) is 0 Å². The highest BCUT2D eigenvalue weighted by Gasteiger charge is 2.21. The molecule has 2 aromatic heterocycles. The van der Waals surface area contributed by atoms with Crippen LogP contribution >= 0.6 is 0 Å². The highest BCUT2D eigenvalue weighted by atomic mass is 16.1. The number of nitrogen functional groups attached to an aromatic ring is 1. The van der Waals surface area contributed by atoms with Gasteiger partial charge in [0, 0.05) is 37.0 Å². The first-order valence-corrected chi connectivity index (χ1v) is 8.79. The molecule has 1 amide bonds. The first kappa shape index (κ1) is 17.0. The largest absolute Gasteiger partial charge is 0.368 e. The van der Waals surface area contributed by atoms with Crippen LogP contribution < -0.4 is 16.0 Å². The summed E-state index contributed by atoms with van der Waals surface area (Å²) >= 11 is 0. The van der Waals surface area contributed by atoms with Gasteiger partial charge in [-0.1, -0.05) is 18.2 Å². The van der Waals surface area contributed by atoms with Gasteiger partial charge in [-0.2, -0.15) is 0 Å². The van der Waals surface area contributed by atoms with Crippen molar-refractivity contribution < 1.29 is 4.79 Å². The second-order valence-electron chi connectivity index (χ2n) is 6.58. The van der Waals surface area contributed by atoms with E-state index in [0.29, 0.717) is 18.2 Å². The molecule has 1 aliphatic rings. The zero-order chi connectivity index (χ0) is 18.8. The van der Waals surface area contributed by atoms with Gasteiger partial charge < -0.3 is 16.0 Å². The lowest BCUT2D eigenvalue weighted by atomic mass is 10.1. The number of nitrogens with two attached hydrogens (primary N) is 1. The smallest absolute Gasteiger partial charge is 0.274 e. The lowest BCUT2D eigenvalue weighted by Gasteiger charge is -2.29. The Hall–Kier alpha value is -3.48. The van der Waals surface area contributed by atoms with E-state index in [1.807, 2.05) is 43.3 Å². The van der Waals surface area contributed by atoms with Crippen molar-refractivity contribution in [3.63, 3.8) is 0 Å². The summed E-state index contributed by atoms with van der Waals surface area (Å²) in [4.78, 5) is 27.7. The molecule has 0 saturated carbocycles. The number of amides is 1. The van der Waals surface area contributed by atoms with Crippen molar-refractivity contribution in [2.45, 2.75) is 19.9 Å². The second kappa shape index (κ2) is 7.03. The van der Waals surface area contributed by atoms with Gasteiger partial charge in [0.05, 0.1) is 5.69 Å². The van der Waals surface area contributed by atoms with E-state index in [4.69, 9.17) is 5.73 Å². The molecule has 0 bridgehead atoms. The number of pyridine rings is 1. The van der Waals surface area contributed by atoms with Crippen LogP contribution in [-0.2, 0) is 13.0 Å². The Bertz CT molecular complexity index is 989. The zero-order valence-electron chi connectivity index (χ0n) is 15.0. The summed E-state index contributed by atoms with van der Waals surface area (Å²) in [7, 11) is 0. The summed E-state index contributed by atoms with van der Waals surface area (Å²) in [5, 5.41) is 2.88. The third kappa shape index (κ3) is 3.72. The summed E-state index contributed by atoms with van der Waals surface area (Å²) in [6.45, 7) is 3.37. The van der Waals surface area contributed by atoms with Crippen LogP contribution in [0.2, 0.25) is 0 Å². The number of nitrogens with one attached hydrogen (secondary N) is 1. The molecule has 27 heavy (non-hydrogen) atoms. The monoisotopic (exact) mass is 360 g/mol. The molecule has 7 nitrogen and oxygen atoms in total. The van der Waals surface area contributed by atoms with E-state index in [1.165, 1.54) is 0 Å². The van der Waals surface area contributed by atoms with Gasteiger partial charge in [-0.15, -0.1) is 0 Å². The molecule has 0 atom stereocenters. The molecule has 0 aliphatic carbocycles. The van der Waals surface area contributed by atoms with Crippen LogP contribution in [-0.4, -0.2) is 27.4 Å². The number of aryl methyl sites for hydroxylation is 1. The Morgan fingerprint density at radius 3 is 2.81 bits per heavy atom. The number of carbonyl (C=O) groups is 1. The van der Waals surface area contributed by atoms with Crippen molar-refractivity contribution >= 4 is 23.4 Å². The van der Waals surface area contributed by atoms with Crippen LogP contribution in [0, 0.1) is 6.92 Å². The number of fused-ring (bicyclic) bond motifs is 1. The topological polar surface area (TPSA) is 97.0 Å². The van der Waals surface area contributed by atoms with Crippen molar-refractivity contribution in [1.29, 1.82) is 0 Å². The number of hydrogen-bond acceptors (Lipinski definition) is 6. The summed E-state index contributed by atoms with van der Waals surface area (Å²) in [5.74, 6) is 0.853. The lowest BCUT2D eigenvalue weighted by molar-refractivity contribution is 0.102. The van der Waals surface area contributed by atoms with Gasteiger partial charge in [0.1, 0.15) is 11.5 Å². The Balaban J connectivity index is 1.57. The molecule has 3 heterocycles. The molecule has 0 unspecified atom stereocenters. The fourth-order valence-corrected chi connectivity index (χ4v) is 3.17. The van der Waals surface area contributed by atoms with Crippen LogP contribution in [0.15, 0.2) is 48.7 Å². The van der Waals surface area contributed by atoms with E-state index in [2.05, 4.69) is 25.2 Å². The molecular formula is C20H20N6O. The quantitative estimate of drug-likeness (QED) is 0.745. The first-order chi connectivity index (χ1) is 13.1. The number of rotatable bonds is 3. The lowest BCUT2D eigenvalue weighted by Crippen LogP contribution is -2.32. The fourth-order valence-electron chi connectivity index (χ4n) is 3.17. The predicted molar refractivity (Wildman–Crippen MR) is 105 cm³/mol. The standard InChI is InChI=1S/C20H20N6O/c1-13-9-17(19(27)23-15-5-3-2-4-6-15)24-18(10-13)26-8-7-16-14(12-26)11-22-20(21)25-16/h2-6,9-11H,7-8,12H2,1H3,(H,23,27)(H2,21,22,25). The molecule has 1 aromatic carbocycles. The van der Waals surface area contributed by atoms with E-state index in [0.717, 1.165) is 41.3 Å². The molecule has 0 saturated heterocycles. The maximum atomic E-state index is 12.6. The third-order valence-electron chi connectivity index (χ3n) is 4.50. The molecule has 136 valence electrons. The van der Waals surface area contributed by atoms with Crippen molar-refractivity contribution in [1.82, 2.24) is 15.0 Å². The van der Waals surface area contributed by atoms with Gasteiger partial charge in [-0.3, -0.25) is 4.79 Å². The number of para-hydroxylation sites is 1. The molecule has 0 fully saturated rings. The maximum absolute atomic E-state index is 12.6. The van der Waals surface area contributed by atoms with Crippen LogP contribution in [0.1, 0.15) is 27.3 Å². The molecule has 1 aliphatic heterocycles. The molecule has 3 N–H and O–H groups in total. The third-order valence-corrected chi connectivity index (χ3v) is 4.50. The number of carbonyl (C=O) groups excluding carboxylic acids is 1. The number of benzene rings is 1. The van der Waals surface area contributed by atoms with E-state index < -0.39 is 0 Å². The van der Waals surface area contributed by atoms with Crippen LogP contribution in [0.25, 0.3) is 0 Å². The number of anilines is 3. The molecular weight excluding hydrogens is 340 g/mol. The van der Waals surface area contributed by atoms with Crippen molar-refractivity contribution in [3.8, 4) is 0 Å². The molecule has 4 rings (SSSR count). The van der Waals surface area contributed by atoms with Gasteiger partial charge in [-0.25, -0.2) is 15.0 Å². The summed E-state index contributed by atoms with van der Waals surface area (Å²) < 4.78 is 0. The Morgan fingerprint density at radius 2 is 2.00 bits per heavy atom. The number of hydrogen-bond donors (Lipinski definition) is 2. The van der Waals surface area contributed by atoms with Gasteiger partial charge in [0.25, 0.3) is 5.91 Å². The Labute approximate surface area is 157 Å². The minimum Gasteiger partial charge on any atom is -0.368 e. The average molecular weight is 360 g/mol. The van der Waals surface area contributed by atoms with E-state index in [-0.39, 0.29) is 5.91 Å². The Morgan fingerprint density at radius 1 is 1.19 bits per heavy atom. The average Bonchev–Trinajstić information content (AvgIpc) is 2.68.